The minimum atomic E-state index is 0.426. The Kier molecular flexibility index (Phi) is 7.62. The molecule has 1 aromatic heterocycles. The summed E-state index contributed by atoms with van der Waals surface area (Å²) in [5.74, 6) is 4.13. The zero-order valence-corrected chi connectivity index (χ0v) is 21.2. The Balaban J connectivity index is 1.07. The molecule has 2 N–H and O–H groups in total. The average molecular weight is 482 g/mol. The predicted octanol–water partition coefficient (Wildman–Crippen LogP) is 6.25. The Bertz CT molecular complexity index is 1250. The van der Waals surface area contributed by atoms with Crippen LogP contribution in [0.25, 0.3) is 10.9 Å². The lowest BCUT2D eigenvalue weighted by molar-refractivity contribution is 0.324. The normalized spacial score (nSPS) is 17.6. The van der Waals surface area contributed by atoms with Crippen LogP contribution < -0.4 is 20.3 Å². The van der Waals surface area contributed by atoms with Crippen LogP contribution in [0.3, 0.4) is 0 Å². The third kappa shape index (κ3) is 6.13. The maximum atomic E-state index is 5.89. The van der Waals surface area contributed by atoms with Crippen LogP contribution in [0.5, 0.6) is 11.5 Å². The Morgan fingerprint density at radius 3 is 2.25 bits per heavy atom. The van der Waals surface area contributed by atoms with Gasteiger partial charge in [0.1, 0.15) is 17.3 Å². The highest BCUT2D eigenvalue weighted by Crippen LogP contribution is 2.28. The van der Waals surface area contributed by atoms with E-state index in [-0.39, 0.29) is 0 Å². The zero-order valence-electron chi connectivity index (χ0n) is 21.2. The largest absolute Gasteiger partial charge is 0.457 e. The maximum absolute atomic E-state index is 5.89. The molecule has 1 aliphatic carbocycles. The summed E-state index contributed by atoms with van der Waals surface area (Å²) >= 11 is 0. The zero-order chi connectivity index (χ0) is 24.7. The van der Waals surface area contributed by atoms with E-state index in [4.69, 9.17) is 14.7 Å². The molecule has 0 amide bonds. The van der Waals surface area contributed by atoms with E-state index in [2.05, 4.69) is 39.8 Å². The van der Waals surface area contributed by atoms with Crippen LogP contribution in [0.2, 0.25) is 0 Å². The number of rotatable bonds is 9. The number of benzene rings is 3. The van der Waals surface area contributed by atoms with Crippen molar-refractivity contribution in [3.63, 3.8) is 0 Å². The number of nitrogens with zero attached hydrogens (tertiary/aromatic N) is 3. The van der Waals surface area contributed by atoms with E-state index in [0.717, 1.165) is 60.1 Å². The van der Waals surface area contributed by atoms with Crippen LogP contribution in [0, 0.1) is 5.92 Å². The smallest absolute Gasteiger partial charge is 0.225 e. The summed E-state index contributed by atoms with van der Waals surface area (Å²) in [6, 6.07) is 26.9. The number of para-hydroxylation sites is 2. The fraction of sp³-hybridized carbons (Fsp3) is 0.333. The first-order valence-corrected chi connectivity index (χ1v) is 12.9. The lowest BCUT2D eigenvalue weighted by atomic mass is 9.86. The van der Waals surface area contributed by atoms with E-state index >= 15 is 0 Å². The van der Waals surface area contributed by atoms with Crippen molar-refractivity contribution in [1.82, 2.24) is 15.3 Å². The van der Waals surface area contributed by atoms with Crippen molar-refractivity contribution in [1.29, 1.82) is 0 Å². The number of anilines is 2. The second-order valence-electron chi connectivity index (χ2n) is 9.83. The third-order valence-electron chi connectivity index (χ3n) is 6.85. The fourth-order valence-electron chi connectivity index (χ4n) is 4.88. The second kappa shape index (κ2) is 11.4. The van der Waals surface area contributed by atoms with Crippen molar-refractivity contribution in [3.05, 3.63) is 84.4 Å². The summed E-state index contributed by atoms with van der Waals surface area (Å²) in [4.78, 5) is 11.6. The van der Waals surface area contributed by atoms with E-state index in [1.54, 1.807) is 0 Å². The minimum Gasteiger partial charge on any atom is -0.457 e. The van der Waals surface area contributed by atoms with Gasteiger partial charge >= 0.3 is 0 Å². The molecule has 0 atom stereocenters. The second-order valence-corrected chi connectivity index (χ2v) is 9.83. The molecule has 6 nitrogen and oxygen atoms in total. The van der Waals surface area contributed by atoms with Gasteiger partial charge in [0.05, 0.1) is 5.52 Å². The molecule has 36 heavy (non-hydrogen) atoms. The van der Waals surface area contributed by atoms with Crippen molar-refractivity contribution in [2.45, 2.75) is 38.3 Å². The molecule has 5 rings (SSSR count). The molecule has 3 aromatic carbocycles. The number of fused-ring (bicyclic) bond motifs is 1. The number of nitrogens with one attached hydrogen (secondary N) is 2. The van der Waals surface area contributed by atoms with Gasteiger partial charge in [0.25, 0.3) is 0 Å². The quantitative estimate of drug-likeness (QED) is 0.295. The van der Waals surface area contributed by atoms with Crippen LogP contribution in [-0.2, 0) is 6.54 Å². The Hall–Kier alpha value is -3.64. The molecule has 1 fully saturated rings. The third-order valence-corrected chi connectivity index (χ3v) is 6.85. The summed E-state index contributed by atoms with van der Waals surface area (Å²) < 4.78 is 5.89. The number of aromatic nitrogens is 2. The Morgan fingerprint density at radius 2 is 1.50 bits per heavy atom. The molecular formula is C30H35N5O. The van der Waals surface area contributed by atoms with Crippen LogP contribution in [0.1, 0.15) is 31.2 Å². The van der Waals surface area contributed by atoms with Crippen molar-refractivity contribution < 1.29 is 4.74 Å². The molecule has 1 heterocycles. The van der Waals surface area contributed by atoms with E-state index in [9.17, 15) is 0 Å². The van der Waals surface area contributed by atoms with Gasteiger partial charge in [0.15, 0.2) is 0 Å². The standard InChI is InChI=1S/C30H35N5O/c1-35(2)29-27-10-6-7-11-28(27)33-30(34-29)32-24-16-12-22(13-17-24)20-31-21-23-14-18-26(19-15-23)36-25-8-4-3-5-9-25/h3-11,14-15,18-19,22,24,31H,12-13,16-17,20-21H2,1-2H3,(H,32,33,34). The average Bonchev–Trinajstić information content (AvgIpc) is 2.91. The highest BCUT2D eigenvalue weighted by molar-refractivity contribution is 5.90. The van der Waals surface area contributed by atoms with Gasteiger partial charge in [-0.2, -0.15) is 4.98 Å². The van der Waals surface area contributed by atoms with Crippen molar-refractivity contribution in [3.8, 4) is 11.5 Å². The van der Waals surface area contributed by atoms with Crippen molar-refractivity contribution in [2.75, 3.05) is 30.9 Å². The molecule has 0 aliphatic heterocycles. The lowest BCUT2D eigenvalue weighted by Gasteiger charge is -2.29. The van der Waals surface area contributed by atoms with Crippen LogP contribution in [0.4, 0.5) is 11.8 Å². The minimum absolute atomic E-state index is 0.426. The Morgan fingerprint density at radius 1 is 0.806 bits per heavy atom. The van der Waals surface area contributed by atoms with Gasteiger partial charge in [0.2, 0.25) is 5.95 Å². The highest BCUT2D eigenvalue weighted by atomic mass is 16.5. The molecule has 1 aliphatic rings. The van der Waals surface area contributed by atoms with Gasteiger partial charge in [-0.1, -0.05) is 42.5 Å². The van der Waals surface area contributed by atoms with Gasteiger partial charge in [-0.25, -0.2) is 4.98 Å². The fourth-order valence-corrected chi connectivity index (χ4v) is 4.88. The van der Waals surface area contributed by atoms with Gasteiger partial charge < -0.3 is 20.3 Å². The summed E-state index contributed by atoms with van der Waals surface area (Å²) in [6.45, 7) is 1.92. The molecule has 6 heteroatoms. The summed E-state index contributed by atoms with van der Waals surface area (Å²) in [5, 5.41) is 8.35. The van der Waals surface area contributed by atoms with Crippen LogP contribution >= 0.6 is 0 Å². The van der Waals surface area contributed by atoms with Crippen LogP contribution in [0.15, 0.2) is 78.9 Å². The number of hydrogen-bond donors (Lipinski definition) is 2. The van der Waals surface area contributed by atoms with E-state index in [1.165, 1.54) is 18.4 Å². The maximum Gasteiger partial charge on any atom is 0.225 e. The molecule has 0 bridgehead atoms. The summed E-state index contributed by atoms with van der Waals surface area (Å²) in [6.07, 6.45) is 4.71. The highest BCUT2D eigenvalue weighted by Gasteiger charge is 2.22. The lowest BCUT2D eigenvalue weighted by Crippen LogP contribution is -2.31. The van der Waals surface area contributed by atoms with Crippen molar-refractivity contribution >= 4 is 22.7 Å². The summed E-state index contributed by atoms with van der Waals surface area (Å²) in [7, 11) is 4.06. The first-order chi connectivity index (χ1) is 17.6. The van der Waals surface area contributed by atoms with Gasteiger partial charge in [-0.3, -0.25) is 0 Å². The molecule has 186 valence electrons. The van der Waals surface area contributed by atoms with Gasteiger partial charge in [0, 0.05) is 32.1 Å². The topological polar surface area (TPSA) is 62.3 Å². The number of hydrogen-bond acceptors (Lipinski definition) is 6. The monoisotopic (exact) mass is 481 g/mol. The summed E-state index contributed by atoms with van der Waals surface area (Å²) in [5.41, 5.74) is 2.26. The van der Waals surface area contributed by atoms with E-state index in [1.807, 2.05) is 68.7 Å². The molecule has 1 saturated carbocycles. The molecule has 0 unspecified atom stereocenters. The molecule has 0 radical (unpaired) electrons. The van der Waals surface area contributed by atoms with Gasteiger partial charge in [-0.05, 0) is 80.1 Å². The molecular weight excluding hydrogens is 446 g/mol. The Labute approximate surface area is 213 Å². The van der Waals surface area contributed by atoms with Crippen LogP contribution in [-0.4, -0.2) is 36.6 Å². The molecule has 0 saturated heterocycles. The first-order valence-electron chi connectivity index (χ1n) is 12.9. The van der Waals surface area contributed by atoms with Crippen molar-refractivity contribution in [2.24, 2.45) is 5.92 Å². The molecule has 0 spiro atoms. The van der Waals surface area contributed by atoms with Gasteiger partial charge in [-0.15, -0.1) is 0 Å². The SMILES string of the molecule is CN(C)c1nc(NC2CCC(CNCc3ccc(Oc4ccccc4)cc3)CC2)nc2ccccc12. The van der Waals surface area contributed by atoms with E-state index < -0.39 is 0 Å². The first kappa shape index (κ1) is 24.1. The van der Waals surface area contributed by atoms with E-state index in [0.29, 0.717) is 12.0 Å². The molecule has 4 aromatic rings. The number of ether oxygens (including phenoxy) is 1. The predicted molar refractivity (Wildman–Crippen MR) is 148 cm³/mol.